The van der Waals surface area contributed by atoms with E-state index in [1.807, 2.05) is 24.1 Å². The average Bonchev–Trinajstić information content (AvgIpc) is 3.39. The number of likely N-dealkylation sites (tertiary alicyclic amines) is 1. The highest BCUT2D eigenvalue weighted by atomic mass is 16.5. The lowest BCUT2D eigenvalue weighted by Crippen LogP contribution is -2.63. The quantitative estimate of drug-likeness (QED) is 0.838. The van der Waals surface area contributed by atoms with Gasteiger partial charge in [-0.1, -0.05) is 6.07 Å². The zero-order chi connectivity index (χ0) is 20.0. The molecule has 5 rings (SSSR count). The number of nitrogens with one attached hydrogen (secondary N) is 1. The number of pyridine rings is 1. The predicted octanol–water partition coefficient (Wildman–Crippen LogP) is 1.11. The van der Waals surface area contributed by atoms with Crippen LogP contribution in [-0.4, -0.2) is 57.0 Å². The highest BCUT2D eigenvalue weighted by Crippen LogP contribution is 2.44. The van der Waals surface area contributed by atoms with E-state index in [0.29, 0.717) is 26.1 Å². The number of hydrogen-bond acceptors (Lipinski definition) is 5. The minimum absolute atomic E-state index is 0.0571. The number of amides is 2. The summed E-state index contributed by atoms with van der Waals surface area (Å²) in [6, 6.07) is 1.86. The molecule has 152 valence electrons. The molecule has 2 fully saturated rings. The highest BCUT2D eigenvalue weighted by molar-refractivity contribution is 5.81. The predicted molar refractivity (Wildman–Crippen MR) is 104 cm³/mol. The first kappa shape index (κ1) is 18.3. The van der Waals surface area contributed by atoms with Crippen LogP contribution in [0.3, 0.4) is 0 Å². The first-order valence-corrected chi connectivity index (χ1v) is 10.2. The van der Waals surface area contributed by atoms with Crippen LogP contribution < -0.4 is 5.32 Å². The minimum atomic E-state index is -0.350. The van der Waals surface area contributed by atoms with Gasteiger partial charge in [-0.05, 0) is 30.9 Å². The summed E-state index contributed by atoms with van der Waals surface area (Å²) in [5, 5.41) is 3.12. The number of fused-ring (bicyclic) bond motifs is 2. The molecule has 29 heavy (non-hydrogen) atoms. The maximum atomic E-state index is 12.7. The molecule has 3 aliphatic heterocycles. The molecule has 0 aromatic carbocycles. The molecule has 0 radical (unpaired) electrons. The molecule has 8 nitrogen and oxygen atoms in total. The molecule has 2 aromatic rings. The Bertz CT molecular complexity index is 943. The summed E-state index contributed by atoms with van der Waals surface area (Å²) in [6.45, 7) is 3.90. The van der Waals surface area contributed by atoms with Crippen molar-refractivity contribution in [3.8, 4) is 0 Å². The van der Waals surface area contributed by atoms with Crippen molar-refractivity contribution in [2.75, 3.05) is 19.7 Å². The molecule has 0 aliphatic carbocycles. The van der Waals surface area contributed by atoms with Gasteiger partial charge in [-0.25, -0.2) is 4.98 Å². The molecule has 2 saturated heterocycles. The molecule has 2 aromatic heterocycles. The average molecular weight is 395 g/mol. The number of ether oxygens (including phenoxy) is 1. The number of hydrogen-bond donors (Lipinski definition) is 1. The number of imidazole rings is 1. The van der Waals surface area contributed by atoms with Gasteiger partial charge in [-0.15, -0.1) is 0 Å². The normalized spacial score (nSPS) is 24.4. The minimum Gasteiger partial charge on any atom is -0.368 e. The van der Waals surface area contributed by atoms with Crippen LogP contribution in [0.1, 0.15) is 42.3 Å². The van der Waals surface area contributed by atoms with Gasteiger partial charge in [0.2, 0.25) is 11.8 Å². The second-order valence-electron chi connectivity index (χ2n) is 8.44. The summed E-state index contributed by atoms with van der Waals surface area (Å²) < 4.78 is 7.65. The Hall–Kier alpha value is -2.74. The molecule has 1 spiro atoms. The van der Waals surface area contributed by atoms with Crippen LogP contribution >= 0.6 is 0 Å². The Morgan fingerprint density at radius 3 is 2.97 bits per heavy atom. The first-order valence-electron chi connectivity index (χ1n) is 10.2. The Kier molecular flexibility index (Phi) is 4.38. The van der Waals surface area contributed by atoms with Gasteiger partial charge < -0.3 is 19.5 Å². The second-order valence-corrected chi connectivity index (χ2v) is 8.44. The highest BCUT2D eigenvalue weighted by Gasteiger charge is 2.53. The number of aryl methyl sites for hydroxylation is 1. The molecule has 2 amide bonds. The van der Waals surface area contributed by atoms with Crippen molar-refractivity contribution in [1.29, 1.82) is 0 Å². The second kappa shape index (κ2) is 6.95. The van der Waals surface area contributed by atoms with Gasteiger partial charge in [0.15, 0.2) is 0 Å². The van der Waals surface area contributed by atoms with E-state index < -0.39 is 0 Å². The lowest BCUT2D eigenvalue weighted by atomic mass is 9.85. The smallest absolute Gasteiger partial charge is 0.249 e. The van der Waals surface area contributed by atoms with Gasteiger partial charge in [-0.3, -0.25) is 14.6 Å². The summed E-state index contributed by atoms with van der Waals surface area (Å²) in [5.74, 6) is 0.918. The van der Waals surface area contributed by atoms with Crippen LogP contribution in [-0.2, 0) is 26.3 Å². The summed E-state index contributed by atoms with van der Waals surface area (Å²) in [4.78, 5) is 35.8. The lowest BCUT2D eigenvalue weighted by Gasteiger charge is -2.49. The van der Waals surface area contributed by atoms with Crippen molar-refractivity contribution >= 4 is 11.8 Å². The molecule has 5 heterocycles. The van der Waals surface area contributed by atoms with E-state index in [-0.39, 0.29) is 29.5 Å². The van der Waals surface area contributed by atoms with Crippen LogP contribution in [0.4, 0.5) is 0 Å². The van der Waals surface area contributed by atoms with Crippen molar-refractivity contribution in [3.05, 3.63) is 47.8 Å². The van der Waals surface area contributed by atoms with E-state index in [1.165, 1.54) is 0 Å². The van der Waals surface area contributed by atoms with Crippen LogP contribution in [0.5, 0.6) is 0 Å². The zero-order valence-electron chi connectivity index (χ0n) is 16.5. The summed E-state index contributed by atoms with van der Waals surface area (Å²) in [7, 11) is 0. The number of nitrogens with zero attached hydrogens (tertiary/aromatic N) is 4. The molecule has 3 aliphatic rings. The van der Waals surface area contributed by atoms with E-state index in [2.05, 4.69) is 19.9 Å². The fourth-order valence-corrected chi connectivity index (χ4v) is 4.83. The monoisotopic (exact) mass is 395 g/mol. The van der Waals surface area contributed by atoms with E-state index in [1.54, 1.807) is 18.6 Å². The van der Waals surface area contributed by atoms with Gasteiger partial charge in [0, 0.05) is 50.9 Å². The maximum Gasteiger partial charge on any atom is 0.249 e. The fourth-order valence-electron chi connectivity index (χ4n) is 4.83. The van der Waals surface area contributed by atoms with Crippen molar-refractivity contribution in [1.82, 2.24) is 24.8 Å². The van der Waals surface area contributed by atoms with E-state index >= 15 is 0 Å². The number of aromatic nitrogens is 3. The summed E-state index contributed by atoms with van der Waals surface area (Å²) in [5.41, 5.74) is 1.81. The lowest BCUT2D eigenvalue weighted by molar-refractivity contribution is -0.141. The Labute approximate surface area is 169 Å². The molecular formula is C21H25N5O3. The van der Waals surface area contributed by atoms with Crippen LogP contribution in [0, 0.1) is 6.92 Å². The van der Waals surface area contributed by atoms with Crippen LogP contribution in [0.25, 0.3) is 0 Å². The third-order valence-corrected chi connectivity index (χ3v) is 6.22. The zero-order valence-corrected chi connectivity index (χ0v) is 16.5. The molecule has 2 atom stereocenters. The molecule has 0 saturated carbocycles. The van der Waals surface area contributed by atoms with Gasteiger partial charge in [0.05, 0.1) is 18.0 Å². The fraction of sp³-hybridized carbons (Fsp3) is 0.524. The Balaban J connectivity index is 1.24. The van der Waals surface area contributed by atoms with Crippen molar-refractivity contribution in [2.45, 2.75) is 50.3 Å². The number of rotatable bonds is 4. The summed E-state index contributed by atoms with van der Waals surface area (Å²) in [6.07, 6.45) is 9.73. The van der Waals surface area contributed by atoms with Gasteiger partial charge in [-0.2, -0.15) is 0 Å². The SMILES string of the molecule is Cc1cncc(CC(=O)N2CC3(CC(NC(=O)[C@H]4CCCO4)c4nccn43)C2)c1. The van der Waals surface area contributed by atoms with E-state index in [9.17, 15) is 9.59 Å². The molecule has 0 bridgehead atoms. The Morgan fingerprint density at radius 2 is 2.21 bits per heavy atom. The van der Waals surface area contributed by atoms with Gasteiger partial charge in [0.25, 0.3) is 0 Å². The van der Waals surface area contributed by atoms with Crippen molar-refractivity contribution in [2.24, 2.45) is 0 Å². The van der Waals surface area contributed by atoms with E-state index in [0.717, 1.165) is 36.2 Å². The van der Waals surface area contributed by atoms with Crippen LogP contribution in [0.2, 0.25) is 0 Å². The Morgan fingerprint density at radius 1 is 1.34 bits per heavy atom. The molecule has 1 unspecified atom stereocenters. The van der Waals surface area contributed by atoms with Gasteiger partial charge in [0.1, 0.15) is 11.9 Å². The number of carbonyl (C=O) groups excluding carboxylic acids is 2. The van der Waals surface area contributed by atoms with Crippen molar-refractivity contribution in [3.63, 3.8) is 0 Å². The van der Waals surface area contributed by atoms with Crippen LogP contribution in [0.15, 0.2) is 30.9 Å². The molecule has 8 heteroatoms. The summed E-state index contributed by atoms with van der Waals surface area (Å²) >= 11 is 0. The largest absolute Gasteiger partial charge is 0.368 e. The number of carbonyl (C=O) groups is 2. The first-order chi connectivity index (χ1) is 14.0. The van der Waals surface area contributed by atoms with Crippen molar-refractivity contribution < 1.29 is 14.3 Å². The third-order valence-electron chi connectivity index (χ3n) is 6.22. The molecular weight excluding hydrogens is 370 g/mol. The van der Waals surface area contributed by atoms with Gasteiger partial charge >= 0.3 is 0 Å². The molecule has 1 N–H and O–H groups in total. The maximum absolute atomic E-state index is 12.7. The van der Waals surface area contributed by atoms with E-state index in [4.69, 9.17) is 4.74 Å². The topological polar surface area (TPSA) is 89.3 Å². The third kappa shape index (κ3) is 3.21. The standard InChI is InChI=1S/C21H25N5O3/c1-14-7-15(11-22-10-14)8-18(27)25-12-21(13-25)9-16(19-23-4-5-26(19)21)24-20(28)17-3-2-6-29-17/h4-5,7,10-11,16-17H,2-3,6,8-9,12-13H2,1H3,(H,24,28)/t16?,17-/m1/s1.